The normalized spacial score (nSPS) is 28.1. The maximum atomic E-state index is 11.5. The monoisotopic (exact) mass is 283 g/mol. The van der Waals surface area contributed by atoms with Gasteiger partial charge in [0.15, 0.2) is 0 Å². The molecule has 1 saturated carbocycles. The Morgan fingerprint density at radius 3 is 2.71 bits per heavy atom. The predicted octanol–water partition coefficient (Wildman–Crippen LogP) is 1.88. The van der Waals surface area contributed by atoms with Crippen LogP contribution in [0.2, 0.25) is 0 Å². The SMILES string of the molecule is CCCS(=O)(=O)NC1CCCC1CBr. The van der Waals surface area contributed by atoms with Crippen molar-refractivity contribution in [3.63, 3.8) is 0 Å². The Morgan fingerprint density at radius 1 is 1.43 bits per heavy atom. The van der Waals surface area contributed by atoms with Crippen molar-refractivity contribution in [2.45, 2.75) is 38.6 Å². The van der Waals surface area contributed by atoms with E-state index >= 15 is 0 Å². The van der Waals surface area contributed by atoms with E-state index < -0.39 is 10.0 Å². The molecule has 0 radical (unpaired) electrons. The van der Waals surface area contributed by atoms with Crippen LogP contribution in [-0.4, -0.2) is 25.5 Å². The fourth-order valence-electron chi connectivity index (χ4n) is 1.93. The first-order chi connectivity index (χ1) is 6.59. The maximum absolute atomic E-state index is 11.5. The molecule has 2 atom stereocenters. The van der Waals surface area contributed by atoms with Gasteiger partial charge in [0.2, 0.25) is 10.0 Å². The van der Waals surface area contributed by atoms with Crippen molar-refractivity contribution in [3.05, 3.63) is 0 Å². The van der Waals surface area contributed by atoms with Crippen LogP contribution in [0.4, 0.5) is 0 Å². The molecule has 1 N–H and O–H groups in total. The first kappa shape index (κ1) is 12.5. The molecule has 0 aromatic heterocycles. The number of alkyl halides is 1. The lowest BCUT2D eigenvalue weighted by Crippen LogP contribution is -2.39. The highest BCUT2D eigenvalue weighted by Gasteiger charge is 2.29. The minimum atomic E-state index is -3.03. The molecule has 0 amide bonds. The molecule has 0 saturated heterocycles. The molecule has 1 aliphatic carbocycles. The van der Waals surface area contributed by atoms with E-state index in [2.05, 4.69) is 20.7 Å². The second kappa shape index (κ2) is 5.47. The average molecular weight is 284 g/mol. The Hall–Kier alpha value is 0.390. The summed E-state index contributed by atoms with van der Waals surface area (Å²) in [5.41, 5.74) is 0. The van der Waals surface area contributed by atoms with Gasteiger partial charge in [-0.3, -0.25) is 0 Å². The Labute approximate surface area is 94.8 Å². The highest BCUT2D eigenvalue weighted by atomic mass is 79.9. The van der Waals surface area contributed by atoms with Crippen molar-refractivity contribution < 1.29 is 8.42 Å². The summed E-state index contributed by atoms with van der Waals surface area (Å²) in [5.74, 6) is 0.722. The Balaban J connectivity index is 2.51. The summed E-state index contributed by atoms with van der Waals surface area (Å²) in [6.45, 7) is 1.88. The van der Waals surface area contributed by atoms with E-state index in [4.69, 9.17) is 0 Å². The van der Waals surface area contributed by atoms with E-state index in [0.717, 1.165) is 24.6 Å². The highest BCUT2D eigenvalue weighted by molar-refractivity contribution is 9.09. The van der Waals surface area contributed by atoms with E-state index in [1.807, 2.05) is 6.92 Å². The molecule has 1 rings (SSSR count). The van der Waals surface area contributed by atoms with Crippen molar-refractivity contribution >= 4 is 26.0 Å². The van der Waals surface area contributed by atoms with E-state index in [-0.39, 0.29) is 11.8 Å². The van der Waals surface area contributed by atoms with Gasteiger partial charge in [0.05, 0.1) is 5.75 Å². The molecule has 0 aromatic carbocycles. The lowest BCUT2D eigenvalue weighted by atomic mass is 10.1. The highest BCUT2D eigenvalue weighted by Crippen LogP contribution is 2.27. The molecule has 14 heavy (non-hydrogen) atoms. The van der Waals surface area contributed by atoms with Gasteiger partial charge in [-0.05, 0) is 25.2 Å². The first-order valence-electron chi connectivity index (χ1n) is 5.15. The van der Waals surface area contributed by atoms with Crippen LogP contribution in [0.15, 0.2) is 0 Å². The quantitative estimate of drug-likeness (QED) is 0.783. The van der Waals surface area contributed by atoms with Crippen molar-refractivity contribution in [3.8, 4) is 0 Å². The van der Waals surface area contributed by atoms with Gasteiger partial charge in [-0.1, -0.05) is 29.3 Å². The summed E-state index contributed by atoms with van der Waals surface area (Å²) in [6, 6.07) is 0.158. The molecule has 1 aliphatic rings. The van der Waals surface area contributed by atoms with Crippen LogP contribution < -0.4 is 4.72 Å². The van der Waals surface area contributed by atoms with Gasteiger partial charge in [-0.25, -0.2) is 13.1 Å². The number of rotatable bonds is 5. The van der Waals surface area contributed by atoms with Crippen molar-refractivity contribution in [1.29, 1.82) is 0 Å². The van der Waals surface area contributed by atoms with Crippen LogP contribution in [-0.2, 0) is 10.0 Å². The molecule has 1 fully saturated rings. The fourth-order valence-corrected chi connectivity index (χ4v) is 4.14. The largest absolute Gasteiger partial charge is 0.212 e. The number of sulfonamides is 1. The number of hydrogen-bond acceptors (Lipinski definition) is 2. The molecular formula is C9H18BrNO2S. The Kier molecular flexibility index (Phi) is 4.87. The molecule has 0 aliphatic heterocycles. The molecule has 5 heteroatoms. The Morgan fingerprint density at radius 2 is 2.14 bits per heavy atom. The zero-order chi connectivity index (χ0) is 10.6. The standard InChI is InChI=1S/C9H18BrNO2S/c1-2-6-14(12,13)11-9-5-3-4-8(9)7-10/h8-9,11H,2-7H2,1H3. The minimum Gasteiger partial charge on any atom is -0.212 e. The van der Waals surface area contributed by atoms with Gasteiger partial charge in [-0.15, -0.1) is 0 Å². The van der Waals surface area contributed by atoms with Crippen LogP contribution in [0.25, 0.3) is 0 Å². The predicted molar refractivity (Wildman–Crippen MR) is 62.1 cm³/mol. The van der Waals surface area contributed by atoms with Gasteiger partial charge in [0.1, 0.15) is 0 Å². The molecular weight excluding hydrogens is 266 g/mol. The maximum Gasteiger partial charge on any atom is 0.211 e. The van der Waals surface area contributed by atoms with E-state index in [0.29, 0.717) is 12.3 Å². The third-order valence-electron chi connectivity index (χ3n) is 2.66. The third-order valence-corrected chi connectivity index (χ3v) is 5.10. The van der Waals surface area contributed by atoms with Crippen LogP contribution in [0.5, 0.6) is 0 Å². The average Bonchev–Trinajstić information content (AvgIpc) is 2.50. The zero-order valence-electron chi connectivity index (χ0n) is 8.50. The summed E-state index contributed by atoms with van der Waals surface area (Å²) in [5, 5.41) is 0.895. The fraction of sp³-hybridized carbons (Fsp3) is 1.00. The summed E-state index contributed by atoms with van der Waals surface area (Å²) in [6.07, 6.45) is 3.93. The molecule has 84 valence electrons. The van der Waals surface area contributed by atoms with Crippen molar-refractivity contribution in [2.24, 2.45) is 5.92 Å². The van der Waals surface area contributed by atoms with Gasteiger partial charge < -0.3 is 0 Å². The van der Waals surface area contributed by atoms with E-state index in [1.165, 1.54) is 0 Å². The summed E-state index contributed by atoms with van der Waals surface area (Å²) >= 11 is 3.43. The van der Waals surface area contributed by atoms with Gasteiger partial charge in [0, 0.05) is 11.4 Å². The van der Waals surface area contributed by atoms with E-state index in [1.54, 1.807) is 0 Å². The second-order valence-electron chi connectivity index (χ2n) is 3.89. The summed E-state index contributed by atoms with van der Waals surface area (Å²) in [4.78, 5) is 0. The third kappa shape index (κ3) is 3.51. The summed E-state index contributed by atoms with van der Waals surface area (Å²) < 4.78 is 25.8. The van der Waals surface area contributed by atoms with Crippen molar-refractivity contribution in [1.82, 2.24) is 4.72 Å². The van der Waals surface area contributed by atoms with Crippen LogP contribution in [0.3, 0.4) is 0 Å². The molecule has 0 bridgehead atoms. The molecule has 3 nitrogen and oxygen atoms in total. The first-order valence-corrected chi connectivity index (χ1v) is 7.92. The number of hydrogen-bond donors (Lipinski definition) is 1. The van der Waals surface area contributed by atoms with Crippen LogP contribution in [0.1, 0.15) is 32.6 Å². The van der Waals surface area contributed by atoms with E-state index in [9.17, 15) is 8.42 Å². The van der Waals surface area contributed by atoms with Crippen LogP contribution >= 0.6 is 15.9 Å². The smallest absolute Gasteiger partial charge is 0.211 e. The topological polar surface area (TPSA) is 46.2 Å². The minimum absolute atomic E-state index is 0.158. The Bertz CT molecular complexity index is 266. The molecule has 0 spiro atoms. The number of nitrogens with one attached hydrogen (secondary N) is 1. The van der Waals surface area contributed by atoms with Crippen molar-refractivity contribution in [2.75, 3.05) is 11.1 Å². The van der Waals surface area contributed by atoms with Gasteiger partial charge in [0.25, 0.3) is 0 Å². The molecule has 0 aromatic rings. The second-order valence-corrected chi connectivity index (χ2v) is 6.41. The molecule has 0 heterocycles. The summed E-state index contributed by atoms with van der Waals surface area (Å²) in [7, 11) is -3.03. The van der Waals surface area contributed by atoms with Gasteiger partial charge in [-0.2, -0.15) is 0 Å². The molecule has 2 unspecified atom stereocenters. The lowest BCUT2D eigenvalue weighted by molar-refractivity contribution is 0.484. The lowest BCUT2D eigenvalue weighted by Gasteiger charge is -2.18. The van der Waals surface area contributed by atoms with Crippen LogP contribution in [0, 0.1) is 5.92 Å². The van der Waals surface area contributed by atoms with Gasteiger partial charge >= 0.3 is 0 Å². The number of halogens is 1. The zero-order valence-corrected chi connectivity index (χ0v) is 10.9.